The number of hydrogen-bond acceptors (Lipinski definition) is 5. The molecule has 0 amide bonds. The van der Waals surface area contributed by atoms with E-state index in [1.807, 2.05) is 37.2 Å². The van der Waals surface area contributed by atoms with Crippen molar-refractivity contribution in [1.82, 2.24) is 4.98 Å². The molecule has 2 N–H and O–H groups in total. The van der Waals surface area contributed by atoms with E-state index < -0.39 is 6.10 Å². The lowest BCUT2D eigenvalue weighted by atomic mass is 10.00. The molecule has 0 saturated carbocycles. The highest BCUT2D eigenvalue weighted by molar-refractivity contribution is 7.15. The molecule has 2 atom stereocenters. The summed E-state index contributed by atoms with van der Waals surface area (Å²) in [6, 6.07) is 6.07. The number of aliphatic hydroxyl groups excluding tert-OH is 2. The first-order chi connectivity index (χ1) is 10.5. The Labute approximate surface area is 135 Å². The minimum absolute atomic E-state index is 0.383. The van der Waals surface area contributed by atoms with Gasteiger partial charge in [-0.3, -0.25) is 0 Å². The topological polar surface area (TPSA) is 56.6 Å². The third kappa shape index (κ3) is 2.76. The van der Waals surface area contributed by atoms with Crippen LogP contribution in [0.5, 0.6) is 0 Å². The zero-order valence-corrected chi connectivity index (χ0v) is 14.0. The second-order valence-electron chi connectivity index (χ2n) is 6.08. The van der Waals surface area contributed by atoms with Gasteiger partial charge < -0.3 is 15.1 Å². The van der Waals surface area contributed by atoms with Crippen LogP contribution in [0.25, 0.3) is 10.6 Å². The number of benzene rings is 1. The fourth-order valence-electron chi connectivity index (χ4n) is 2.88. The molecule has 2 unspecified atom stereocenters. The molecular formula is C17H22N2O2S. The predicted molar refractivity (Wildman–Crippen MR) is 90.4 cm³/mol. The Kier molecular flexibility index (Phi) is 4.21. The van der Waals surface area contributed by atoms with E-state index in [1.165, 1.54) is 0 Å². The van der Waals surface area contributed by atoms with Crippen molar-refractivity contribution >= 4 is 17.0 Å². The van der Waals surface area contributed by atoms with Crippen molar-refractivity contribution in [1.29, 1.82) is 0 Å². The van der Waals surface area contributed by atoms with Gasteiger partial charge in [0.2, 0.25) is 0 Å². The van der Waals surface area contributed by atoms with Crippen LogP contribution in [0.2, 0.25) is 0 Å². The number of anilines is 1. The quantitative estimate of drug-likeness (QED) is 0.912. The third-order valence-corrected chi connectivity index (χ3v) is 5.39. The summed E-state index contributed by atoms with van der Waals surface area (Å²) in [7, 11) is 3.97. The molecule has 0 aliphatic heterocycles. The summed E-state index contributed by atoms with van der Waals surface area (Å²) in [6.07, 6.45) is 1.80. The predicted octanol–water partition coefficient (Wildman–Crippen LogP) is 3.30. The van der Waals surface area contributed by atoms with Crippen molar-refractivity contribution in [2.45, 2.75) is 38.4 Å². The largest absolute Gasteiger partial charge is 0.389 e. The van der Waals surface area contributed by atoms with Crippen LogP contribution in [0.15, 0.2) is 18.2 Å². The summed E-state index contributed by atoms with van der Waals surface area (Å²) in [6.45, 7) is 1.78. The number of thiazole rings is 1. The van der Waals surface area contributed by atoms with Crippen molar-refractivity contribution in [3.8, 4) is 10.6 Å². The highest BCUT2D eigenvalue weighted by atomic mass is 32.1. The van der Waals surface area contributed by atoms with Crippen LogP contribution < -0.4 is 4.90 Å². The summed E-state index contributed by atoms with van der Waals surface area (Å²) in [5.74, 6) is 0. The summed E-state index contributed by atoms with van der Waals surface area (Å²) in [5, 5.41) is 21.2. The molecule has 1 aliphatic rings. The standard InChI is InChI=1S/C17H22N2O2S/c1-10(20)13-9-11(19(2)3)7-8-12(13)17-18-14-5-4-6-15(21)16(14)22-17/h7-10,15,20-21H,4-6H2,1-3H3. The van der Waals surface area contributed by atoms with Gasteiger partial charge in [0.05, 0.1) is 22.8 Å². The highest BCUT2D eigenvalue weighted by Gasteiger charge is 2.24. The maximum atomic E-state index is 10.1. The summed E-state index contributed by atoms with van der Waals surface area (Å²) in [4.78, 5) is 7.74. The van der Waals surface area contributed by atoms with Gasteiger partial charge in [-0.1, -0.05) is 0 Å². The van der Waals surface area contributed by atoms with Crippen LogP contribution in [0, 0.1) is 0 Å². The van der Waals surface area contributed by atoms with E-state index in [4.69, 9.17) is 4.98 Å². The number of fused-ring (bicyclic) bond motifs is 1. The first kappa shape index (κ1) is 15.5. The monoisotopic (exact) mass is 318 g/mol. The molecule has 1 heterocycles. The molecule has 1 aromatic heterocycles. The lowest BCUT2D eigenvalue weighted by Gasteiger charge is -2.17. The van der Waals surface area contributed by atoms with Gasteiger partial charge in [0.25, 0.3) is 0 Å². The van der Waals surface area contributed by atoms with Crippen LogP contribution in [0.3, 0.4) is 0 Å². The first-order valence-corrected chi connectivity index (χ1v) is 8.46. The van der Waals surface area contributed by atoms with Crippen LogP contribution in [-0.2, 0) is 6.42 Å². The Morgan fingerprint density at radius 3 is 2.77 bits per heavy atom. The highest BCUT2D eigenvalue weighted by Crippen LogP contribution is 2.40. The number of aliphatic hydroxyl groups is 2. The molecule has 2 aromatic rings. The number of hydrogen-bond donors (Lipinski definition) is 2. The second-order valence-corrected chi connectivity index (χ2v) is 7.11. The van der Waals surface area contributed by atoms with Crippen molar-refractivity contribution in [3.63, 3.8) is 0 Å². The van der Waals surface area contributed by atoms with Gasteiger partial charge in [-0.05, 0) is 49.9 Å². The lowest BCUT2D eigenvalue weighted by molar-refractivity contribution is 0.160. The molecular weight excluding hydrogens is 296 g/mol. The molecule has 22 heavy (non-hydrogen) atoms. The van der Waals surface area contributed by atoms with Gasteiger partial charge in [-0.2, -0.15) is 0 Å². The average molecular weight is 318 g/mol. The van der Waals surface area contributed by atoms with Crippen LogP contribution >= 0.6 is 11.3 Å². The fourth-order valence-corrected chi connectivity index (χ4v) is 4.06. The molecule has 0 fully saturated rings. The maximum absolute atomic E-state index is 10.1. The zero-order chi connectivity index (χ0) is 15.9. The normalized spacial score (nSPS) is 18.9. The molecule has 4 nitrogen and oxygen atoms in total. The van der Waals surface area contributed by atoms with Gasteiger partial charge in [0, 0.05) is 25.3 Å². The summed E-state index contributed by atoms with van der Waals surface area (Å²) < 4.78 is 0. The third-order valence-electron chi connectivity index (χ3n) is 4.15. The number of aryl methyl sites for hydroxylation is 1. The average Bonchev–Trinajstić information content (AvgIpc) is 2.92. The lowest BCUT2D eigenvalue weighted by Crippen LogP contribution is -2.09. The Morgan fingerprint density at radius 2 is 2.14 bits per heavy atom. The van der Waals surface area contributed by atoms with E-state index in [2.05, 4.69) is 0 Å². The molecule has 0 saturated heterocycles. The SMILES string of the molecule is CC(O)c1cc(N(C)C)ccc1-c1nc2c(s1)C(O)CCC2. The van der Waals surface area contributed by atoms with Crippen LogP contribution in [-0.4, -0.2) is 29.3 Å². The molecule has 1 aromatic carbocycles. The molecule has 3 rings (SSSR count). The Hall–Kier alpha value is -1.43. The Bertz CT molecular complexity index is 679. The second kappa shape index (κ2) is 5.99. The minimum atomic E-state index is -0.555. The zero-order valence-electron chi connectivity index (χ0n) is 13.2. The number of aromatic nitrogens is 1. The minimum Gasteiger partial charge on any atom is -0.389 e. The molecule has 0 spiro atoms. The van der Waals surface area contributed by atoms with E-state index in [9.17, 15) is 10.2 Å². The van der Waals surface area contributed by atoms with Gasteiger partial charge in [-0.15, -0.1) is 11.3 Å². The van der Waals surface area contributed by atoms with E-state index in [-0.39, 0.29) is 6.10 Å². The molecule has 118 valence electrons. The first-order valence-electron chi connectivity index (χ1n) is 7.64. The fraction of sp³-hybridized carbons (Fsp3) is 0.471. The van der Waals surface area contributed by atoms with Crippen LogP contribution in [0.1, 0.15) is 48.1 Å². The maximum Gasteiger partial charge on any atom is 0.124 e. The summed E-state index contributed by atoms with van der Waals surface area (Å²) in [5.41, 5.74) is 3.92. The molecule has 5 heteroatoms. The van der Waals surface area contributed by atoms with Crippen LogP contribution in [0.4, 0.5) is 5.69 Å². The van der Waals surface area contributed by atoms with Crippen molar-refractivity contribution in [2.24, 2.45) is 0 Å². The van der Waals surface area contributed by atoms with E-state index in [0.717, 1.165) is 51.7 Å². The summed E-state index contributed by atoms with van der Waals surface area (Å²) >= 11 is 1.56. The number of rotatable bonds is 3. The number of nitrogens with zero attached hydrogens (tertiary/aromatic N) is 2. The van der Waals surface area contributed by atoms with E-state index >= 15 is 0 Å². The Balaban J connectivity index is 2.08. The van der Waals surface area contributed by atoms with Gasteiger partial charge >= 0.3 is 0 Å². The smallest absolute Gasteiger partial charge is 0.124 e. The van der Waals surface area contributed by atoms with Gasteiger partial charge in [0.15, 0.2) is 0 Å². The van der Waals surface area contributed by atoms with E-state index in [0.29, 0.717) is 0 Å². The van der Waals surface area contributed by atoms with Crippen molar-refractivity contribution in [3.05, 3.63) is 34.3 Å². The molecule has 0 radical (unpaired) electrons. The molecule has 0 bridgehead atoms. The molecule has 1 aliphatic carbocycles. The van der Waals surface area contributed by atoms with E-state index in [1.54, 1.807) is 18.3 Å². The van der Waals surface area contributed by atoms with Crippen molar-refractivity contribution < 1.29 is 10.2 Å². The van der Waals surface area contributed by atoms with Gasteiger partial charge in [-0.25, -0.2) is 4.98 Å². The Morgan fingerprint density at radius 1 is 1.36 bits per heavy atom. The van der Waals surface area contributed by atoms with Gasteiger partial charge in [0.1, 0.15) is 5.01 Å². The van der Waals surface area contributed by atoms with Crippen molar-refractivity contribution in [2.75, 3.05) is 19.0 Å².